The lowest BCUT2D eigenvalue weighted by Gasteiger charge is -2.32. The molecule has 3 amide bonds. The maximum Gasteiger partial charge on any atom is 0.328 e. The lowest BCUT2D eigenvalue weighted by molar-refractivity contribution is -0.136. The number of carbonyl (C=O) groups is 3. The van der Waals surface area contributed by atoms with Crippen LogP contribution in [0.25, 0.3) is 0 Å². The number of piperazine rings is 1. The van der Waals surface area contributed by atoms with Gasteiger partial charge in [-0.15, -0.1) is 0 Å². The number of nitriles is 1. The summed E-state index contributed by atoms with van der Waals surface area (Å²) in [6.07, 6.45) is 6.05. The van der Waals surface area contributed by atoms with Crippen molar-refractivity contribution in [3.05, 3.63) is 46.8 Å². The number of ether oxygens (including phenoxy) is 1. The average Bonchev–Trinajstić information content (AvgIpc) is 3.37. The van der Waals surface area contributed by atoms with E-state index in [0.717, 1.165) is 31.4 Å². The molecule has 1 saturated carbocycles. The number of likely N-dealkylation sites (N-methyl/N-ethyl adjacent to an activating group) is 1. The molecule has 11 heteroatoms. The van der Waals surface area contributed by atoms with E-state index in [-0.39, 0.29) is 30.1 Å². The third kappa shape index (κ3) is 6.33. The van der Waals surface area contributed by atoms with Gasteiger partial charge in [-0.2, -0.15) is 5.26 Å². The second-order valence-electron chi connectivity index (χ2n) is 9.95. The summed E-state index contributed by atoms with van der Waals surface area (Å²) in [5, 5.41) is 12.3. The zero-order valence-corrected chi connectivity index (χ0v) is 22.0. The van der Waals surface area contributed by atoms with Crippen molar-refractivity contribution in [2.45, 2.75) is 38.3 Å². The number of carbonyl (C=O) groups excluding carboxylic acids is 3. The Morgan fingerprint density at radius 1 is 1.32 bits per heavy atom. The number of urea groups is 1. The molecule has 1 aliphatic heterocycles. The Morgan fingerprint density at radius 3 is 2.82 bits per heavy atom. The monoisotopic (exact) mass is 519 g/mol. The lowest BCUT2D eigenvalue weighted by atomic mass is 9.96. The molecule has 1 saturated heterocycles. The third-order valence-electron chi connectivity index (χ3n) is 7.31. The molecule has 0 bridgehead atoms. The van der Waals surface area contributed by atoms with E-state index in [1.807, 2.05) is 11.9 Å². The van der Waals surface area contributed by atoms with Crippen molar-refractivity contribution in [1.82, 2.24) is 19.8 Å². The highest BCUT2D eigenvalue weighted by Crippen LogP contribution is 2.31. The minimum atomic E-state index is -0.486. The molecule has 0 aromatic carbocycles. The number of pyridine rings is 2. The van der Waals surface area contributed by atoms with E-state index in [0.29, 0.717) is 48.7 Å². The van der Waals surface area contributed by atoms with Gasteiger partial charge in [-0.1, -0.05) is 6.07 Å². The van der Waals surface area contributed by atoms with Gasteiger partial charge in [-0.05, 0) is 56.3 Å². The van der Waals surface area contributed by atoms with E-state index in [1.165, 1.54) is 11.1 Å². The van der Waals surface area contributed by atoms with E-state index in [4.69, 9.17) is 4.74 Å². The highest BCUT2D eigenvalue weighted by Gasteiger charge is 2.26. The van der Waals surface area contributed by atoms with Gasteiger partial charge in [0.25, 0.3) is 0 Å². The fourth-order valence-electron chi connectivity index (χ4n) is 4.99. The van der Waals surface area contributed by atoms with Gasteiger partial charge in [-0.25, -0.2) is 14.8 Å². The van der Waals surface area contributed by atoms with Gasteiger partial charge in [0, 0.05) is 45.6 Å². The highest BCUT2D eigenvalue weighted by molar-refractivity contribution is 6.00. The smallest absolute Gasteiger partial charge is 0.328 e. The van der Waals surface area contributed by atoms with Crippen molar-refractivity contribution in [3.8, 4) is 6.07 Å². The summed E-state index contributed by atoms with van der Waals surface area (Å²) in [6.45, 7) is 1.96. The molecule has 2 aromatic heterocycles. The molecule has 2 atom stereocenters. The molecular formula is C27H33N7O4. The van der Waals surface area contributed by atoms with Crippen LogP contribution in [-0.4, -0.2) is 84.9 Å². The lowest BCUT2D eigenvalue weighted by Crippen LogP contribution is -2.48. The molecule has 4 rings (SSSR count). The predicted octanol–water partition coefficient (Wildman–Crippen LogP) is 2.46. The van der Waals surface area contributed by atoms with E-state index < -0.39 is 6.03 Å². The summed E-state index contributed by atoms with van der Waals surface area (Å²) < 4.78 is 5.46. The summed E-state index contributed by atoms with van der Waals surface area (Å²) in [5.74, 6) is 1.02. The molecule has 3 heterocycles. The van der Waals surface area contributed by atoms with E-state index in [9.17, 15) is 19.6 Å². The van der Waals surface area contributed by atoms with Gasteiger partial charge in [0.15, 0.2) is 6.29 Å². The molecule has 38 heavy (non-hydrogen) atoms. The SMILES string of the molecule is COC1CCC(Cc2cc(NC(=O)N(C)c3ccc(CN4CCN(C)CC4=O)c(C=O)n3)ncc2C#N)C1. The largest absolute Gasteiger partial charge is 0.381 e. The highest BCUT2D eigenvalue weighted by atomic mass is 16.5. The van der Waals surface area contributed by atoms with Crippen LogP contribution in [-0.2, 0) is 22.5 Å². The van der Waals surface area contributed by atoms with Crippen molar-refractivity contribution in [1.29, 1.82) is 5.26 Å². The molecule has 0 radical (unpaired) electrons. The van der Waals surface area contributed by atoms with Gasteiger partial charge in [0.1, 0.15) is 23.4 Å². The van der Waals surface area contributed by atoms with Crippen molar-refractivity contribution < 1.29 is 19.1 Å². The number of aldehydes is 1. The first-order chi connectivity index (χ1) is 18.3. The first-order valence-electron chi connectivity index (χ1n) is 12.7. The molecule has 2 fully saturated rings. The summed E-state index contributed by atoms with van der Waals surface area (Å²) in [6, 6.07) is 6.81. The van der Waals surface area contributed by atoms with Crippen LogP contribution < -0.4 is 10.2 Å². The molecule has 2 aromatic rings. The summed E-state index contributed by atoms with van der Waals surface area (Å²) in [4.78, 5) is 50.6. The third-order valence-corrected chi connectivity index (χ3v) is 7.31. The number of amides is 3. The summed E-state index contributed by atoms with van der Waals surface area (Å²) in [5.41, 5.74) is 2.13. The fraction of sp³-hybridized carbons (Fsp3) is 0.481. The average molecular weight is 520 g/mol. The second-order valence-corrected chi connectivity index (χ2v) is 9.95. The number of methoxy groups -OCH3 is 1. The minimum absolute atomic E-state index is 0.00287. The van der Waals surface area contributed by atoms with Gasteiger partial charge < -0.3 is 9.64 Å². The van der Waals surface area contributed by atoms with Crippen molar-refractivity contribution >= 4 is 29.9 Å². The van der Waals surface area contributed by atoms with Crippen molar-refractivity contribution in [3.63, 3.8) is 0 Å². The first kappa shape index (κ1) is 27.2. The topological polar surface area (TPSA) is 132 Å². The van der Waals surface area contributed by atoms with Crippen LogP contribution in [0.4, 0.5) is 16.4 Å². The van der Waals surface area contributed by atoms with Crippen molar-refractivity contribution in [2.24, 2.45) is 5.92 Å². The number of aromatic nitrogens is 2. The molecule has 11 nitrogen and oxygen atoms in total. The van der Waals surface area contributed by atoms with Crippen LogP contribution in [0.3, 0.4) is 0 Å². The number of nitrogens with zero attached hydrogens (tertiary/aromatic N) is 6. The van der Waals surface area contributed by atoms with E-state index in [2.05, 4.69) is 21.4 Å². The van der Waals surface area contributed by atoms with Crippen LogP contribution in [0.1, 0.15) is 46.4 Å². The zero-order chi connectivity index (χ0) is 27.2. The van der Waals surface area contributed by atoms with Crippen molar-refractivity contribution in [2.75, 3.05) is 51.1 Å². The minimum Gasteiger partial charge on any atom is -0.381 e. The Kier molecular flexibility index (Phi) is 8.66. The number of hydrogen-bond donors (Lipinski definition) is 1. The van der Waals surface area contributed by atoms with Gasteiger partial charge in [-0.3, -0.25) is 24.7 Å². The maximum absolute atomic E-state index is 13.0. The Balaban J connectivity index is 1.44. The van der Waals surface area contributed by atoms with E-state index in [1.54, 1.807) is 37.3 Å². The number of rotatable bonds is 8. The standard InChI is InChI=1S/C27H33N7O4/c1-32-8-9-34(26(36)16-32)15-19-5-7-25(30-23(19)17-35)33(2)27(37)31-24-12-20(21(13-28)14-29-24)10-18-4-6-22(11-18)38-3/h5,7,12,14,17-18,22H,4,6,8-11,15-16H2,1-3H3,(H,29,31,37). The van der Waals surface area contributed by atoms with Crippen LogP contribution in [0.15, 0.2) is 24.4 Å². The fourth-order valence-corrected chi connectivity index (χ4v) is 4.99. The maximum atomic E-state index is 13.0. The Hall–Kier alpha value is -3.88. The van der Waals surface area contributed by atoms with E-state index >= 15 is 0 Å². The molecule has 2 aliphatic rings. The Morgan fingerprint density at radius 2 is 2.13 bits per heavy atom. The molecule has 1 aliphatic carbocycles. The molecule has 200 valence electrons. The number of nitrogens with one attached hydrogen (secondary N) is 1. The number of hydrogen-bond acceptors (Lipinski definition) is 8. The molecule has 2 unspecified atom stereocenters. The molecule has 0 spiro atoms. The molecule has 1 N–H and O–H groups in total. The van der Waals surface area contributed by atoms with Gasteiger partial charge >= 0.3 is 6.03 Å². The zero-order valence-electron chi connectivity index (χ0n) is 22.0. The van der Waals surface area contributed by atoms with Crippen LogP contribution in [0, 0.1) is 17.2 Å². The Labute approximate surface area is 222 Å². The van der Waals surface area contributed by atoms with Gasteiger partial charge in [0.05, 0.1) is 18.2 Å². The first-order valence-corrected chi connectivity index (χ1v) is 12.7. The van der Waals surface area contributed by atoms with Crippen LogP contribution in [0.2, 0.25) is 0 Å². The normalized spacial score (nSPS) is 19.7. The van der Waals surface area contributed by atoms with Crippen LogP contribution in [0.5, 0.6) is 0 Å². The number of anilines is 2. The predicted molar refractivity (Wildman–Crippen MR) is 141 cm³/mol. The quantitative estimate of drug-likeness (QED) is 0.526. The van der Waals surface area contributed by atoms with Gasteiger partial charge in [0.2, 0.25) is 5.91 Å². The van der Waals surface area contributed by atoms with Crippen LogP contribution >= 0.6 is 0 Å². The molecular weight excluding hydrogens is 486 g/mol. The summed E-state index contributed by atoms with van der Waals surface area (Å²) >= 11 is 0. The second kappa shape index (κ2) is 12.1. The summed E-state index contributed by atoms with van der Waals surface area (Å²) in [7, 11) is 5.16. The Bertz CT molecular complexity index is 1240.